The predicted molar refractivity (Wildman–Crippen MR) is 274 cm³/mol. The molecule has 336 valence electrons. The number of carboxylic acid groups (broad SMARTS) is 1. The summed E-state index contributed by atoms with van der Waals surface area (Å²) in [4.78, 5) is 12.8. The summed E-state index contributed by atoms with van der Waals surface area (Å²) in [7, 11) is 0. The third-order valence-electron chi connectivity index (χ3n) is 13.9. The number of nitrogens with one attached hydrogen (secondary N) is 1. The van der Waals surface area contributed by atoms with E-state index < -0.39 is 5.97 Å². The van der Waals surface area contributed by atoms with Crippen molar-refractivity contribution in [2.45, 2.75) is 156 Å². The molecule has 1 aliphatic heterocycles. The maximum absolute atomic E-state index is 11.3. The third-order valence-corrected chi connectivity index (χ3v) is 15.3. The van der Waals surface area contributed by atoms with Gasteiger partial charge in [0.15, 0.2) is 5.71 Å². The van der Waals surface area contributed by atoms with Crippen LogP contribution < -0.4 is 5.32 Å². The van der Waals surface area contributed by atoms with Crippen molar-refractivity contribution in [3.8, 4) is 0 Å². The van der Waals surface area contributed by atoms with Crippen molar-refractivity contribution in [3.05, 3.63) is 136 Å². The van der Waals surface area contributed by atoms with Crippen LogP contribution in [0, 0.1) is 5.92 Å². The molecule has 1 unspecified atom stereocenters. The quantitative estimate of drug-likeness (QED) is 0.0544. The van der Waals surface area contributed by atoms with E-state index >= 15 is 0 Å². The fourth-order valence-corrected chi connectivity index (χ4v) is 11.6. The second kappa shape index (κ2) is 23.0. The zero-order valence-electron chi connectivity index (χ0n) is 39.8. The number of thioether (sulfide) groups is 1. The molecule has 0 aromatic heterocycles. The summed E-state index contributed by atoms with van der Waals surface area (Å²) in [5.41, 5.74) is 9.19. The minimum Gasteiger partial charge on any atom is -0.481 e. The molecule has 0 fully saturated rings. The van der Waals surface area contributed by atoms with Crippen LogP contribution in [-0.4, -0.2) is 40.2 Å². The Morgan fingerprint density at radius 1 is 0.825 bits per heavy atom. The van der Waals surface area contributed by atoms with Crippen LogP contribution in [0.2, 0.25) is 0 Å². The lowest BCUT2D eigenvalue weighted by molar-refractivity contribution is -0.438. The molecule has 0 amide bonds. The SMILES string of the molecule is CCCCCCN/C(=C/C=C1\CCCC(/C=C/C2=[N+](CCCCCC(=O)O)c3ccc4ccccc4c3C2(C)C)=C1SCC(CC)CCCC)C(C)(C)c1cccc2ccccc12. The number of nitrogens with zero attached hydrogens (tertiary/aromatic N) is 1. The molecule has 1 aliphatic carbocycles. The molecule has 1 heterocycles. The van der Waals surface area contributed by atoms with E-state index in [0.29, 0.717) is 12.3 Å². The number of unbranched alkanes of at least 4 members (excludes halogenated alkanes) is 6. The van der Waals surface area contributed by atoms with Gasteiger partial charge in [0, 0.05) is 58.9 Å². The Bertz CT molecular complexity index is 2330. The van der Waals surface area contributed by atoms with E-state index in [1.54, 1.807) is 0 Å². The predicted octanol–water partition coefficient (Wildman–Crippen LogP) is 15.9. The van der Waals surface area contributed by atoms with E-state index in [9.17, 15) is 9.90 Å². The Labute approximate surface area is 385 Å². The Hall–Kier alpha value is -4.35. The summed E-state index contributed by atoms with van der Waals surface area (Å²) < 4.78 is 2.56. The van der Waals surface area contributed by atoms with Crippen molar-refractivity contribution in [1.29, 1.82) is 0 Å². The topological polar surface area (TPSA) is 52.3 Å². The standard InChI is InChI=1S/C58H76N2O2S/c1-8-11-13-20-40-59-52(57(4,5)50-32-23-27-44-25-16-18-30-48(44)50)38-35-46-28-22-29-47(56(46)63-42-43(10-3)24-12-9-2)36-39-53-58(6,7)55-49-31-19-17-26-45(49)34-37-51(55)60(53)41-21-14-15-33-54(61)62/h16-19,23,25-27,30-32,34-39,43H,8-15,20-22,24,28-29,33,40-42H2,1-7H3,(H,61,62)/p+1. The summed E-state index contributed by atoms with van der Waals surface area (Å²) in [6.45, 7) is 18.4. The molecule has 0 saturated carbocycles. The van der Waals surface area contributed by atoms with Crippen molar-refractivity contribution in [3.63, 3.8) is 0 Å². The van der Waals surface area contributed by atoms with E-state index in [2.05, 4.69) is 173 Å². The first-order valence-electron chi connectivity index (χ1n) is 24.6. The highest BCUT2D eigenvalue weighted by molar-refractivity contribution is 8.03. The fraction of sp³-hybridized carbons (Fsp3) is 0.483. The number of allylic oxidation sites excluding steroid dienone is 7. The second-order valence-corrected chi connectivity index (χ2v) is 20.3. The normalized spacial score (nSPS) is 16.8. The van der Waals surface area contributed by atoms with Gasteiger partial charge in [0.2, 0.25) is 5.69 Å². The van der Waals surface area contributed by atoms with Crippen LogP contribution in [0.3, 0.4) is 0 Å². The zero-order chi connectivity index (χ0) is 44.8. The van der Waals surface area contributed by atoms with Gasteiger partial charge in [0.05, 0.1) is 5.41 Å². The van der Waals surface area contributed by atoms with Crippen LogP contribution in [0.25, 0.3) is 21.5 Å². The lowest BCUT2D eigenvalue weighted by Gasteiger charge is -2.31. The van der Waals surface area contributed by atoms with Crippen molar-refractivity contribution < 1.29 is 14.5 Å². The van der Waals surface area contributed by atoms with Crippen molar-refractivity contribution in [2.24, 2.45) is 5.92 Å². The molecule has 4 aromatic rings. The highest BCUT2D eigenvalue weighted by atomic mass is 32.2. The summed E-state index contributed by atoms with van der Waals surface area (Å²) in [5.74, 6) is 1.15. The molecule has 2 aliphatic rings. The number of hydrogen-bond donors (Lipinski definition) is 2. The largest absolute Gasteiger partial charge is 0.481 e. The second-order valence-electron chi connectivity index (χ2n) is 19.2. The molecule has 4 aromatic carbocycles. The van der Waals surface area contributed by atoms with Crippen LogP contribution >= 0.6 is 11.8 Å². The monoisotopic (exact) mass is 866 g/mol. The van der Waals surface area contributed by atoms with Crippen LogP contribution in [0.5, 0.6) is 0 Å². The molecule has 63 heavy (non-hydrogen) atoms. The molecule has 2 N–H and O–H groups in total. The Morgan fingerprint density at radius 3 is 2.29 bits per heavy atom. The first-order valence-corrected chi connectivity index (χ1v) is 25.6. The van der Waals surface area contributed by atoms with Crippen molar-refractivity contribution in [2.75, 3.05) is 18.8 Å². The third kappa shape index (κ3) is 11.9. The summed E-state index contributed by atoms with van der Waals surface area (Å²) in [6, 6.07) is 29.1. The van der Waals surface area contributed by atoms with Gasteiger partial charge in [-0.2, -0.15) is 4.58 Å². The fourth-order valence-electron chi connectivity index (χ4n) is 10.0. The van der Waals surface area contributed by atoms with Crippen molar-refractivity contribution in [1.82, 2.24) is 5.32 Å². The number of aliphatic carboxylic acids is 1. The highest BCUT2D eigenvalue weighted by Crippen LogP contribution is 2.46. The minimum atomic E-state index is -0.707. The maximum Gasteiger partial charge on any atom is 0.303 e. The maximum atomic E-state index is 11.3. The van der Waals surface area contributed by atoms with Crippen LogP contribution in [0.4, 0.5) is 5.69 Å². The summed E-state index contributed by atoms with van der Waals surface area (Å²) >= 11 is 2.11. The highest BCUT2D eigenvalue weighted by Gasteiger charge is 2.45. The van der Waals surface area contributed by atoms with E-state index in [4.69, 9.17) is 0 Å². The van der Waals surface area contributed by atoms with Gasteiger partial charge in [-0.05, 0) is 115 Å². The van der Waals surface area contributed by atoms with E-state index in [1.165, 1.54) is 117 Å². The van der Waals surface area contributed by atoms with Crippen LogP contribution in [0.1, 0.15) is 156 Å². The molecule has 0 spiro atoms. The zero-order valence-corrected chi connectivity index (χ0v) is 40.6. The van der Waals surface area contributed by atoms with Gasteiger partial charge < -0.3 is 10.4 Å². The van der Waals surface area contributed by atoms with Crippen molar-refractivity contribution >= 4 is 50.7 Å². The van der Waals surface area contributed by atoms with Crippen LogP contribution in [0.15, 0.2) is 125 Å². The minimum absolute atomic E-state index is 0.198. The number of benzene rings is 4. The number of fused-ring (bicyclic) bond motifs is 4. The van der Waals surface area contributed by atoms with Gasteiger partial charge in [-0.1, -0.05) is 152 Å². The molecule has 0 radical (unpaired) electrons. The number of hydrogen-bond acceptors (Lipinski definition) is 3. The number of rotatable bonds is 24. The molecule has 5 heteroatoms. The van der Waals surface area contributed by atoms with Gasteiger partial charge in [0.25, 0.3) is 0 Å². The Morgan fingerprint density at radius 2 is 1.54 bits per heavy atom. The van der Waals surface area contributed by atoms with Gasteiger partial charge in [0.1, 0.15) is 6.54 Å². The molecule has 4 nitrogen and oxygen atoms in total. The first kappa shape index (κ1) is 48.1. The molecular formula is C58H77N2O2S+. The van der Waals surface area contributed by atoms with E-state index in [0.717, 1.165) is 50.9 Å². The summed E-state index contributed by atoms with van der Waals surface area (Å²) in [6.07, 6.45) is 26.0. The Kier molecular flexibility index (Phi) is 17.6. The van der Waals surface area contributed by atoms with Gasteiger partial charge in [-0.25, -0.2) is 0 Å². The van der Waals surface area contributed by atoms with Gasteiger partial charge >= 0.3 is 5.97 Å². The first-order chi connectivity index (χ1) is 30.5. The lowest BCUT2D eigenvalue weighted by atomic mass is 9.78. The van der Waals surface area contributed by atoms with E-state index in [-0.39, 0.29) is 17.3 Å². The number of carbonyl (C=O) groups is 1. The number of carboxylic acids is 1. The summed E-state index contributed by atoms with van der Waals surface area (Å²) in [5, 5.41) is 18.5. The Balaban J connectivity index is 1.43. The molecule has 1 atom stereocenters. The average Bonchev–Trinajstić information content (AvgIpc) is 3.50. The molecule has 0 saturated heterocycles. The smallest absolute Gasteiger partial charge is 0.303 e. The van der Waals surface area contributed by atoms with E-state index in [1.807, 2.05) is 0 Å². The average molecular weight is 866 g/mol. The molecule has 0 bridgehead atoms. The van der Waals surface area contributed by atoms with Gasteiger partial charge in [-0.15, -0.1) is 11.8 Å². The van der Waals surface area contributed by atoms with Crippen LogP contribution in [-0.2, 0) is 15.6 Å². The lowest BCUT2D eigenvalue weighted by Crippen LogP contribution is -2.31. The van der Waals surface area contributed by atoms with Gasteiger partial charge in [-0.3, -0.25) is 4.79 Å². The molecular weight excluding hydrogens is 789 g/mol. The molecule has 6 rings (SSSR count).